The molecule has 1 aromatic heterocycles. The molecule has 0 nitrogen and oxygen atoms in total. The van der Waals surface area contributed by atoms with Gasteiger partial charge in [-0.2, -0.15) is 0 Å². The standard InChI is InChI=1S/C52H30F2S/c53-44-26-13-27-45(54)51(44)50-40-22-10-8-20-38(40)49(39-21-9-11-23-41(39)50)43-25-12-24-42-33-29-28-32(30-46(33)55-52(42)43)48-36-18-6-4-16-34(36)47(31-14-2-1-3-15-31)35-17-5-7-19-37(35)48/h1-30H. The summed E-state index contributed by atoms with van der Waals surface area (Å²) >= 11 is 1.81. The van der Waals surface area contributed by atoms with E-state index in [-0.39, 0.29) is 5.56 Å². The van der Waals surface area contributed by atoms with Gasteiger partial charge in [-0.1, -0.05) is 164 Å². The highest BCUT2D eigenvalue weighted by atomic mass is 32.1. The van der Waals surface area contributed by atoms with Crippen molar-refractivity contribution in [2.75, 3.05) is 0 Å². The van der Waals surface area contributed by atoms with Crippen molar-refractivity contribution in [2.24, 2.45) is 0 Å². The molecule has 0 saturated carbocycles. The van der Waals surface area contributed by atoms with E-state index < -0.39 is 11.6 Å². The first-order chi connectivity index (χ1) is 27.2. The molecule has 0 amide bonds. The summed E-state index contributed by atoms with van der Waals surface area (Å²) in [5.74, 6) is -1.14. The van der Waals surface area contributed by atoms with Crippen molar-refractivity contribution >= 4 is 74.6 Å². The summed E-state index contributed by atoms with van der Waals surface area (Å²) in [6.45, 7) is 0. The Morgan fingerprint density at radius 3 is 1.27 bits per heavy atom. The number of hydrogen-bond donors (Lipinski definition) is 0. The lowest BCUT2D eigenvalue weighted by Gasteiger charge is -2.18. The quantitative estimate of drug-likeness (QED) is 0.159. The number of hydrogen-bond acceptors (Lipinski definition) is 1. The minimum atomic E-state index is -0.569. The second kappa shape index (κ2) is 12.4. The number of halogens is 2. The van der Waals surface area contributed by atoms with Crippen molar-refractivity contribution in [3.63, 3.8) is 0 Å². The van der Waals surface area contributed by atoms with Crippen molar-refractivity contribution in [3.8, 4) is 44.5 Å². The summed E-state index contributed by atoms with van der Waals surface area (Å²) in [5.41, 5.74) is 7.64. The Labute approximate surface area is 320 Å². The van der Waals surface area contributed by atoms with Gasteiger partial charge in [0.15, 0.2) is 0 Å². The fourth-order valence-corrected chi connectivity index (χ4v) is 10.2. The molecule has 55 heavy (non-hydrogen) atoms. The lowest BCUT2D eigenvalue weighted by Crippen LogP contribution is -1.95. The minimum absolute atomic E-state index is 0.00546. The van der Waals surface area contributed by atoms with Crippen LogP contribution in [-0.2, 0) is 0 Å². The van der Waals surface area contributed by atoms with E-state index in [2.05, 4.69) is 127 Å². The Morgan fingerprint density at radius 1 is 0.291 bits per heavy atom. The fraction of sp³-hybridized carbons (Fsp3) is 0. The second-order valence-corrected chi connectivity index (χ2v) is 15.2. The van der Waals surface area contributed by atoms with Gasteiger partial charge in [0.05, 0.1) is 5.56 Å². The molecule has 0 bridgehead atoms. The third-order valence-corrected chi connectivity index (χ3v) is 12.4. The van der Waals surface area contributed by atoms with Crippen LogP contribution in [0.1, 0.15) is 0 Å². The molecule has 0 atom stereocenters. The number of benzene rings is 10. The smallest absolute Gasteiger partial charge is 0.134 e. The van der Waals surface area contributed by atoms with Crippen LogP contribution in [0.15, 0.2) is 182 Å². The van der Waals surface area contributed by atoms with Crippen molar-refractivity contribution < 1.29 is 8.78 Å². The maximum atomic E-state index is 15.5. The van der Waals surface area contributed by atoms with E-state index in [4.69, 9.17) is 0 Å². The van der Waals surface area contributed by atoms with Crippen LogP contribution in [0.4, 0.5) is 8.78 Å². The molecule has 0 aliphatic rings. The largest absolute Gasteiger partial charge is 0.206 e. The van der Waals surface area contributed by atoms with Gasteiger partial charge < -0.3 is 0 Å². The number of thiophene rings is 1. The molecular formula is C52H30F2S. The monoisotopic (exact) mass is 724 g/mol. The molecule has 0 saturated heterocycles. The van der Waals surface area contributed by atoms with Crippen molar-refractivity contribution in [1.82, 2.24) is 0 Å². The van der Waals surface area contributed by atoms with Crippen LogP contribution in [0.2, 0.25) is 0 Å². The molecule has 11 aromatic rings. The predicted molar refractivity (Wildman–Crippen MR) is 231 cm³/mol. The van der Waals surface area contributed by atoms with Crippen LogP contribution in [0.5, 0.6) is 0 Å². The molecule has 0 unspecified atom stereocenters. The molecule has 258 valence electrons. The summed E-state index contributed by atoms with van der Waals surface area (Å²) in [6.07, 6.45) is 0. The minimum Gasteiger partial charge on any atom is -0.206 e. The van der Waals surface area contributed by atoms with Crippen LogP contribution < -0.4 is 0 Å². The maximum absolute atomic E-state index is 15.5. The topological polar surface area (TPSA) is 0 Å². The van der Waals surface area contributed by atoms with Gasteiger partial charge in [0.2, 0.25) is 0 Å². The highest BCUT2D eigenvalue weighted by molar-refractivity contribution is 7.26. The van der Waals surface area contributed by atoms with Crippen molar-refractivity contribution in [1.29, 1.82) is 0 Å². The third kappa shape index (κ3) is 4.80. The van der Waals surface area contributed by atoms with Crippen LogP contribution in [0, 0.1) is 11.6 Å². The second-order valence-electron chi connectivity index (χ2n) is 14.1. The van der Waals surface area contributed by atoms with Crippen molar-refractivity contribution in [2.45, 2.75) is 0 Å². The first-order valence-electron chi connectivity index (χ1n) is 18.5. The lowest BCUT2D eigenvalue weighted by atomic mass is 9.85. The van der Waals surface area contributed by atoms with Gasteiger partial charge in [0.1, 0.15) is 11.6 Å². The number of fused-ring (bicyclic) bond motifs is 7. The van der Waals surface area contributed by atoms with Gasteiger partial charge in [-0.05, 0) is 89.1 Å². The van der Waals surface area contributed by atoms with E-state index in [0.29, 0.717) is 5.56 Å². The van der Waals surface area contributed by atoms with Gasteiger partial charge in [-0.3, -0.25) is 0 Å². The van der Waals surface area contributed by atoms with Crippen LogP contribution in [0.3, 0.4) is 0 Å². The Hall–Kier alpha value is -6.68. The van der Waals surface area contributed by atoms with E-state index in [0.717, 1.165) is 32.7 Å². The summed E-state index contributed by atoms with van der Waals surface area (Å²) < 4.78 is 33.4. The first-order valence-corrected chi connectivity index (χ1v) is 19.3. The van der Waals surface area contributed by atoms with Gasteiger partial charge >= 0.3 is 0 Å². The van der Waals surface area contributed by atoms with Crippen molar-refractivity contribution in [3.05, 3.63) is 194 Å². The summed E-state index contributed by atoms with van der Waals surface area (Å²) in [5, 5.41) is 10.9. The Morgan fingerprint density at radius 2 is 0.727 bits per heavy atom. The zero-order valence-electron chi connectivity index (χ0n) is 29.5. The van der Waals surface area contributed by atoms with E-state index in [9.17, 15) is 0 Å². The van der Waals surface area contributed by atoms with Gasteiger partial charge in [0, 0.05) is 31.3 Å². The molecule has 0 radical (unpaired) electrons. The van der Waals surface area contributed by atoms with E-state index in [1.165, 1.54) is 82.2 Å². The average molecular weight is 725 g/mol. The van der Waals surface area contributed by atoms with Gasteiger partial charge in [0.25, 0.3) is 0 Å². The predicted octanol–water partition coefficient (Wildman–Crippen LogP) is 15.6. The lowest BCUT2D eigenvalue weighted by molar-refractivity contribution is 0.590. The van der Waals surface area contributed by atoms with Crippen LogP contribution in [0.25, 0.3) is 108 Å². The summed E-state index contributed by atoms with van der Waals surface area (Å²) in [6, 6.07) is 61.9. The molecule has 0 aliphatic carbocycles. The van der Waals surface area contributed by atoms with E-state index in [1.807, 2.05) is 36.4 Å². The maximum Gasteiger partial charge on any atom is 0.134 e. The SMILES string of the molecule is Fc1cccc(F)c1-c1c2ccccc2c(-c2cccc3c2sc2cc(-c4c5ccccc5c(-c5ccccc5)c5ccccc45)ccc23)c2ccccc12. The molecule has 0 spiro atoms. The Balaban J connectivity index is 1.18. The van der Waals surface area contributed by atoms with Crippen LogP contribution in [-0.4, -0.2) is 0 Å². The summed E-state index contributed by atoms with van der Waals surface area (Å²) in [7, 11) is 0. The Kier molecular flexibility index (Phi) is 7.20. The molecular weight excluding hydrogens is 695 g/mol. The molecule has 3 heteroatoms. The van der Waals surface area contributed by atoms with Crippen LogP contribution >= 0.6 is 11.3 Å². The van der Waals surface area contributed by atoms with E-state index >= 15 is 8.78 Å². The molecule has 11 rings (SSSR count). The normalized spacial score (nSPS) is 11.8. The highest BCUT2D eigenvalue weighted by Crippen LogP contribution is 2.50. The molecule has 0 N–H and O–H groups in total. The van der Waals surface area contributed by atoms with E-state index in [1.54, 1.807) is 11.3 Å². The summed E-state index contributed by atoms with van der Waals surface area (Å²) in [4.78, 5) is 0. The molecule has 10 aromatic carbocycles. The van der Waals surface area contributed by atoms with Gasteiger partial charge in [-0.15, -0.1) is 11.3 Å². The molecule has 0 fully saturated rings. The average Bonchev–Trinajstić information content (AvgIpc) is 3.61. The molecule has 0 aliphatic heterocycles. The first kappa shape index (κ1) is 31.8. The fourth-order valence-electron chi connectivity index (χ4n) is 8.93. The Bertz CT molecular complexity index is 3210. The number of rotatable bonds is 4. The zero-order chi connectivity index (χ0) is 36.6. The zero-order valence-corrected chi connectivity index (χ0v) is 30.3. The highest BCUT2D eigenvalue weighted by Gasteiger charge is 2.23. The third-order valence-electron chi connectivity index (χ3n) is 11.2. The molecule has 1 heterocycles. The van der Waals surface area contributed by atoms with Gasteiger partial charge in [-0.25, -0.2) is 8.78 Å².